The van der Waals surface area contributed by atoms with Gasteiger partial charge in [0, 0.05) is 23.4 Å². The molecule has 1 aliphatic carbocycles. The van der Waals surface area contributed by atoms with E-state index in [9.17, 15) is 4.79 Å². The van der Waals surface area contributed by atoms with Gasteiger partial charge in [-0.05, 0) is 31.4 Å². The Bertz CT molecular complexity index is 469. The molecule has 0 amide bonds. The first-order valence-corrected chi connectivity index (χ1v) is 5.94. The van der Waals surface area contributed by atoms with Gasteiger partial charge in [0.05, 0.1) is 0 Å². The van der Waals surface area contributed by atoms with Crippen LogP contribution < -0.4 is 4.74 Å². The van der Waals surface area contributed by atoms with Crippen molar-refractivity contribution in [3.8, 4) is 5.75 Å². The van der Waals surface area contributed by atoms with E-state index < -0.39 is 0 Å². The molecule has 1 heterocycles. The molecular formula is C13H13ClO2. The lowest BCUT2D eigenvalue weighted by Gasteiger charge is -2.43. The summed E-state index contributed by atoms with van der Waals surface area (Å²) in [7, 11) is 0. The number of halogens is 1. The predicted molar refractivity (Wildman–Crippen MR) is 62.1 cm³/mol. The van der Waals surface area contributed by atoms with Gasteiger partial charge in [0.25, 0.3) is 0 Å². The Labute approximate surface area is 99.6 Å². The Morgan fingerprint density at radius 1 is 1.50 bits per heavy atom. The van der Waals surface area contributed by atoms with Gasteiger partial charge in [-0.15, -0.1) is 0 Å². The number of carbonyl (C=O) groups excluding carboxylic acids is 1. The SMILES string of the molecule is CC12CC(=O)CC(C1)c1c(Cl)cccc1O2. The second-order valence-corrected chi connectivity index (χ2v) is 5.43. The van der Waals surface area contributed by atoms with Crippen LogP contribution in [0.1, 0.15) is 37.7 Å². The summed E-state index contributed by atoms with van der Waals surface area (Å²) in [5, 5.41) is 0.722. The van der Waals surface area contributed by atoms with E-state index in [-0.39, 0.29) is 17.3 Å². The summed E-state index contributed by atoms with van der Waals surface area (Å²) in [6.07, 6.45) is 2.03. The zero-order valence-corrected chi connectivity index (χ0v) is 9.88. The lowest BCUT2D eigenvalue weighted by atomic mass is 9.73. The molecule has 2 bridgehead atoms. The Kier molecular flexibility index (Phi) is 2.05. The maximum Gasteiger partial charge on any atom is 0.137 e. The largest absolute Gasteiger partial charge is 0.487 e. The van der Waals surface area contributed by atoms with E-state index in [0.717, 1.165) is 22.8 Å². The smallest absolute Gasteiger partial charge is 0.137 e. The van der Waals surface area contributed by atoms with Crippen molar-refractivity contribution in [3.05, 3.63) is 28.8 Å². The van der Waals surface area contributed by atoms with Crippen molar-refractivity contribution < 1.29 is 9.53 Å². The predicted octanol–water partition coefficient (Wildman–Crippen LogP) is 3.33. The fourth-order valence-corrected chi connectivity index (χ4v) is 3.30. The number of ketones is 1. The molecular weight excluding hydrogens is 224 g/mol. The highest BCUT2D eigenvalue weighted by Gasteiger charge is 2.44. The van der Waals surface area contributed by atoms with Gasteiger partial charge in [-0.3, -0.25) is 4.79 Å². The van der Waals surface area contributed by atoms with Crippen LogP contribution in [0, 0.1) is 0 Å². The maximum absolute atomic E-state index is 11.7. The van der Waals surface area contributed by atoms with Crippen molar-refractivity contribution >= 4 is 17.4 Å². The normalized spacial score (nSPS) is 31.9. The van der Waals surface area contributed by atoms with Crippen LogP contribution in [0.15, 0.2) is 18.2 Å². The third-order valence-electron chi connectivity index (χ3n) is 3.50. The molecule has 3 heteroatoms. The summed E-state index contributed by atoms with van der Waals surface area (Å²) in [5.41, 5.74) is 0.701. The van der Waals surface area contributed by atoms with E-state index in [1.54, 1.807) is 0 Å². The third-order valence-corrected chi connectivity index (χ3v) is 3.83. The molecule has 84 valence electrons. The molecule has 1 fully saturated rings. The molecule has 2 unspecified atom stereocenters. The van der Waals surface area contributed by atoms with Crippen molar-refractivity contribution in [1.29, 1.82) is 0 Å². The van der Waals surface area contributed by atoms with E-state index in [1.807, 2.05) is 25.1 Å². The summed E-state index contributed by atoms with van der Waals surface area (Å²) in [5.74, 6) is 1.38. The third kappa shape index (κ3) is 1.44. The molecule has 1 saturated carbocycles. The first-order chi connectivity index (χ1) is 7.57. The molecule has 0 saturated heterocycles. The van der Waals surface area contributed by atoms with Crippen molar-refractivity contribution in [2.75, 3.05) is 0 Å². The summed E-state index contributed by atoms with van der Waals surface area (Å²) >= 11 is 6.19. The van der Waals surface area contributed by atoms with Crippen LogP contribution in [0.4, 0.5) is 0 Å². The number of carbonyl (C=O) groups is 1. The van der Waals surface area contributed by atoms with E-state index in [2.05, 4.69) is 0 Å². The number of hydrogen-bond acceptors (Lipinski definition) is 2. The van der Waals surface area contributed by atoms with Crippen LogP contribution in [0.25, 0.3) is 0 Å². The van der Waals surface area contributed by atoms with E-state index >= 15 is 0 Å². The monoisotopic (exact) mass is 236 g/mol. The quantitative estimate of drug-likeness (QED) is 0.691. The topological polar surface area (TPSA) is 26.3 Å². The maximum atomic E-state index is 11.7. The lowest BCUT2D eigenvalue weighted by Crippen LogP contribution is -2.44. The van der Waals surface area contributed by atoms with E-state index in [0.29, 0.717) is 12.8 Å². The van der Waals surface area contributed by atoms with Gasteiger partial charge in [0.1, 0.15) is 17.1 Å². The highest BCUT2D eigenvalue weighted by atomic mass is 35.5. The molecule has 16 heavy (non-hydrogen) atoms. The minimum Gasteiger partial charge on any atom is -0.487 e. The molecule has 1 aliphatic heterocycles. The van der Waals surface area contributed by atoms with Crippen LogP contribution in [0.2, 0.25) is 5.02 Å². The number of hydrogen-bond donors (Lipinski definition) is 0. The summed E-state index contributed by atoms with van der Waals surface area (Å²) in [4.78, 5) is 11.7. The van der Waals surface area contributed by atoms with Crippen LogP contribution in [-0.2, 0) is 4.79 Å². The van der Waals surface area contributed by atoms with Gasteiger partial charge < -0.3 is 4.74 Å². The average Bonchev–Trinajstić information content (AvgIpc) is 2.14. The van der Waals surface area contributed by atoms with Crippen LogP contribution in [-0.4, -0.2) is 11.4 Å². The number of ether oxygens (including phenoxy) is 1. The van der Waals surface area contributed by atoms with Gasteiger partial charge in [0.15, 0.2) is 0 Å². The molecule has 0 N–H and O–H groups in total. The van der Waals surface area contributed by atoms with Gasteiger partial charge in [-0.2, -0.15) is 0 Å². The number of rotatable bonds is 0. The Morgan fingerprint density at radius 2 is 2.31 bits per heavy atom. The molecule has 1 aromatic rings. The highest BCUT2D eigenvalue weighted by molar-refractivity contribution is 6.31. The molecule has 1 aromatic carbocycles. The zero-order valence-electron chi connectivity index (χ0n) is 9.13. The van der Waals surface area contributed by atoms with E-state index in [4.69, 9.17) is 16.3 Å². The minimum atomic E-state index is -0.322. The fraction of sp³-hybridized carbons (Fsp3) is 0.462. The van der Waals surface area contributed by atoms with Crippen molar-refractivity contribution in [1.82, 2.24) is 0 Å². The molecule has 2 aliphatic rings. The fourth-order valence-electron chi connectivity index (χ4n) is 2.98. The van der Waals surface area contributed by atoms with Crippen LogP contribution in [0.3, 0.4) is 0 Å². The average molecular weight is 237 g/mol. The Morgan fingerprint density at radius 3 is 3.12 bits per heavy atom. The first-order valence-electron chi connectivity index (χ1n) is 5.56. The van der Waals surface area contributed by atoms with Gasteiger partial charge in [0.2, 0.25) is 0 Å². The molecule has 0 spiro atoms. The standard InChI is InChI=1S/C13H13ClO2/c1-13-6-8(5-9(15)7-13)12-10(14)3-2-4-11(12)16-13/h2-4,8H,5-7H2,1H3. The van der Waals surface area contributed by atoms with Gasteiger partial charge in [-0.1, -0.05) is 17.7 Å². The second-order valence-electron chi connectivity index (χ2n) is 5.02. The number of benzene rings is 1. The highest BCUT2D eigenvalue weighted by Crippen LogP contribution is 2.49. The zero-order chi connectivity index (χ0) is 11.3. The van der Waals surface area contributed by atoms with Gasteiger partial charge >= 0.3 is 0 Å². The Balaban J connectivity index is 2.14. The van der Waals surface area contributed by atoms with Gasteiger partial charge in [-0.25, -0.2) is 0 Å². The summed E-state index contributed by atoms with van der Waals surface area (Å²) in [6, 6.07) is 5.71. The minimum absolute atomic E-state index is 0.240. The molecule has 2 nitrogen and oxygen atoms in total. The lowest BCUT2D eigenvalue weighted by molar-refractivity contribution is -0.127. The van der Waals surface area contributed by atoms with Crippen LogP contribution in [0.5, 0.6) is 5.75 Å². The number of Topliss-reactive ketones (excluding diaryl/α,β-unsaturated/α-hetero) is 1. The molecule has 3 rings (SSSR count). The van der Waals surface area contributed by atoms with Crippen molar-refractivity contribution in [2.24, 2.45) is 0 Å². The van der Waals surface area contributed by atoms with Crippen molar-refractivity contribution in [2.45, 2.75) is 37.7 Å². The van der Waals surface area contributed by atoms with E-state index in [1.165, 1.54) is 0 Å². The summed E-state index contributed by atoms with van der Waals surface area (Å²) in [6.45, 7) is 2.01. The molecule has 2 atom stereocenters. The first kappa shape index (κ1) is 10.2. The van der Waals surface area contributed by atoms with Crippen molar-refractivity contribution in [3.63, 3.8) is 0 Å². The Hall–Kier alpha value is -1.02. The summed E-state index contributed by atoms with van der Waals surface area (Å²) < 4.78 is 5.94. The molecule has 0 aromatic heterocycles. The second kappa shape index (κ2) is 3.24. The van der Waals surface area contributed by atoms with Crippen LogP contribution >= 0.6 is 11.6 Å². The number of fused-ring (bicyclic) bond motifs is 4. The molecule has 0 radical (unpaired) electrons.